The van der Waals surface area contributed by atoms with Crippen LogP contribution in [0, 0.1) is 0 Å². The van der Waals surface area contributed by atoms with E-state index < -0.39 is 0 Å². The van der Waals surface area contributed by atoms with Crippen LogP contribution in [0.25, 0.3) is 0 Å². The largest absolute Gasteiger partial charge is 0.506 e. The molecule has 0 spiro atoms. The van der Waals surface area contributed by atoms with Crippen molar-refractivity contribution in [3.63, 3.8) is 0 Å². The van der Waals surface area contributed by atoms with Crippen molar-refractivity contribution < 1.29 is 14.6 Å². The van der Waals surface area contributed by atoms with Gasteiger partial charge in [-0.15, -0.1) is 0 Å². The Bertz CT molecular complexity index is 1100. The SMILES string of the molecule is COc1nc(Nc2ccc(NC(=O)c3ccc(Cl)cc3)c(O)c2)nc(N2CCCCC2)n1. The van der Waals surface area contributed by atoms with Gasteiger partial charge in [-0.05, 0) is 55.7 Å². The maximum atomic E-state index is 12.4. The summed E-state index contributed by atoms with van der Waals surface area (Å²) in [4.78, 5) is 27.6. The second kappa shape index (κ2) is 9.69. The zero-order chi connectivity index (χ0) is 22.5. The highest BCUT2D eigenvalue weighted by Crippen LogP contribution is 2.29. The van der Waals surface area contributed by atoms with E-state index in [-0.39, 0.29) is 23.4 Å². The number of nitrogens with zero attached hydrogens (tertiary/aromatic N) is 4. The van der Waals surface area contributed by atoms with Crippen LogP contribution in [-0.4, -0.2) is 46.2 Å². The van der Waals surface area contributed by atoms with Crippen molar-refractivity contribution in [1.82, 2.24) is 15.0 Å². The third-order valence-corrected chi connectivity index (χ3v) is 5.29. The summed E-state index contributed by atoms with van der Waals surface area (Å²) < 4.78 is 5.23. The van der Waals surface area contributed by atoms with E-state index in [1.54, 1.807) is 36.4 Å². The summed E-state index contributed by atoms with van der Waals surface area (Å²) >= 11 is 5.86. The Hall–Kier alpha value is -3.59. The van der Waals surface area contributed by atoms with Crippen molar-refractivity contribution in [1.29, 1.82) is 0 Å². The molecule has 0 bridgehead atoms. The van der Waals surface area contributed by atoms with Gasteiger partial charge in [0.1, 0.15) is 5.75 Å². The van der Waals surface area contributed by atoms with Gasteiger partial charge in [-0.25, -0.2) is 0 Å². The minimum absolute atomic E-state index is 0.102. The van der Waals surface area contributed by atoms with Gasteiger partial charge >= 0.3 is 6.01 Å². The van der Waals surface area contributed by atoms with E-state index in [4.69, 9.17) is 16.3 Å². The lowest BCUT2D eigenvalue weighted by Gasteiger charge is -2.26. The number of nitrogens with one attached hydrogen (secondary N) is 2. The molecule has 1 aliphatic heterocycles. The normalized spacial score (nSPS) is 13.5. The van der Waals surface area contributed by atoms with Gasteiger partial charge in [0, 0.05) is 35.4 Å². The van der Waals surface area contributed by atoms with Gasteiger partial charge in [0.2, 0.25) is 11.9 Å². The van der Waals surface area contributed by atoms with Gasteiger partial charge in [-0.2, -0.15) is 15.0 Å². The number of aromatic nitrogens is 3. The Morgan fingerprint density at radius 3 is 2.50 bits per heavy atom. The van der Waals surface area contributed by atoms with E-state index in [9.17, 15) is 9.90 Å². The summed E-state index contributed by atoms with van der Waals surface area (Å²) in [5.41, 5.74) is 1.25. The van der Waals surface area contributed by atoms with E-state index >= 15 is 0 Å². The average molecular weight is 455 g/mol. The zero-order valence-corrected chi connectivity index (χ0v) is 18.3. The van der Waals surface area contributed by atoms with Crippen molar-refractivity contribution in [2.24, 2.45) is 0 Å². The molecule has 10 heteroatoms. The number of phenolic OH excluding ortho intramolecular Hbond substituents is 1. The first-order chi connectivity index (χ1) is 15.5. The highest BCUT2D eigenvalue weighted by Gasteiger charge is 2.17. The Morgan fingerprint density at radius 2 is 1.81 bits per heavy atom. The molecule has 1 fully saturated rings. The summed E-state index contributed by atoms with van der Waals surface area (Å²) in [7, 11) is 1.50. The maximum Gasteiger partial charge on any atom is 0.322 e. The van der Waals surface area contributed by atoms with Gasteiger partial charge in [0.25, 0.3) is 5.91 Å². The molecular weight excluding hydrogens is 432 g/mol. The summed E-state index contributed by atoms with van der Waals surface area (Å²) in [5.74, 6) is 0.394. The highest BCUT2D eigenvalue weighted by molar-refractivity contribution is 6.30. The fourth-order valence-electron chi connectivity index (χ4n) is 3.37. The zero-order valence-electron chi connectivity index (χ0n) is 17.5. The molecule has 0 radical (unpaired) electrons. The number of carbonyl (C=O) groups excluding carboxylic acids is 1. The predicted octanol–water partition coefficient (Wildman–Crippen LogP) is 4.23. The van der Waals surface area contributed by atoms with Crippen LogP contribution in [0.4, 0.5) is 23.3 Å². The third kappa shape index (κ3) is 5.17. The van der Waals surface area contributed by atoms with E-state index in [0.717, 1.165) is 25.9 Å². The number of benzene rings is 2. The Balaban J connectivity index is 1.49. The van der Waals surface area contributed by atoms with Crippen LogP contribution in [0.1, 0.15) is 29.6 Å². The number of phenols is 1. The lowest BCUT2D eigenvalue weighted by Crippen LogP contribution is -2.31. The second-order valence-electron chi connectivity index (χ2n) is 7.31. The molecule has 4 rings (SSSR count). The first-order valence-electron chi connectivity index (χ1n) is 10.2. The number of carbonyl (C=O) groups is 1. The molecule has 0 saturated carbocycles. The minimum Gasteiger partial charge on any atom is -0.506 e. The van der Waals surface area contributed by atoms with Gasteiger partial charge in [0.15, 0.2) is 0 Å². The second-order valence-corrected chi connectivity index (χ2v) is 7.75. The molecule has 3 N–H and O–H groups in total. The van der Waals surface area contributed by atoms with Crippen LogP contribution in [0.15, 0.2) is 42.5 Å². The smallest absolute Gasteiger partial charge is 0.322 e. The van der Waals surface area contributed by atoms with Crippen molar-refractivity contribution in [3.05, 3.63) is 53.1 Å². The first-order valence-corrected chi connectivity index (χ1v) is 10.6. The maximum absolute atomic E-state index is 12.4. The number of aromatic hydroxyl groups is 1. The number of ether oxygens (including phenoxy) is 1. The molecule has 32 heavy (non-hydrogen) atoms. The Morgan fingerprint density at radius 1 is 1.06 bits per heavy atom. The van der Waals surface area contributed by atoms with Crippen molar-refractivity contribution in [3.8, 4) is 11.8 Å². The Kier molecular flexibility index (Phi) is 6.55. The lowest BCUT2D eigenvalue weighted by molar-refractivity contribution is 0.102. The molecule has 1 aliphatic rings. The van der Waals surface area contributed by atoms with Crippen LogP contribution in [-0.2, 0) is 0 Å². The fraction of sp³-hybridized carbons (Fsp3) is 0.273. The van der Waals surface area contributed by atoms with Gasteiger partial charge in [-0.1, -0.05) is 11.6 Å². The molecule has 0 aliphatic carbocycles. The molecular formula is C22H23ClN6O3. The first kappa shape index (κ1) is 21.6. The van der Waals surface area contributed by atoms with Gasteiger partial charge in [0.05, 0.1) is 12.8 Å². The number of anilines is 4. The number of halogens is 1. The van der Waals surface area contributed by atoms with Gasteiger partial charge in [-0.3, -0.25) is 4.79 Å². The van der Waals surface area contributed by atoms with Crippen LogP contribution >= 0.6 is 11.6 Å². The summed E-state index contributed by atoms with van der Waals surface area (Å²) in [5, 5.41) is 16.7. The van der Waals surface area contributed by atoms with E-state index in [1.807, 2.05) is 0 Å². The van der Waals surface area contributed by atoms with Crippen LogP contribution in [0.2, 0.25) is 5.02 Å². The Labute approximate surface area is 190 Å². The van der Waals surface area contributed by atoms with Crippen molar-refractivity contribution in [2.45, 2.75) is 19.3 Å². The van der Waals surface area contributed by atoms with Crippen LogP contribution in [0.5, 0.6) is 11.8 Å². The number of methoxy groups -OCH3 is 1. The van der Waals surface area contributed by atoms with E-state index in [1.165, 1.54) is 19.6 Å². The monoisotopic (exact) mass is 454 g/mol. The standard InChI is InChI=1S/C22H23ClN6O3/c1-32-22-27-20(26-21(28-22)29-11-3-2-4-12-29)24-16-9-10-17(18(30)13-16)25-19(31)14-5-7-15(23)8-6-14/h5-10,13,30H,2-4,11-12H2,1H3,(H,25,31)(H,24,26,27,28). The number of hydrogen-bond donors (Lipinski definition) is 3. The van der Waals surface area contributed by atoms with Crippen molar-refractivity contribution in [2.75, 3.05) is 35.7 Å². The van der Waals surface area contributed by atoms with Crippen LogP contribution in [0.3, 0.4) is 0 Å². The molecule has 9 nitrogen and oxygen atoms in total. The predicted molar refractivity (Wildman–Crippen MR) is 123 cm³/mol. The van der Waals surface area contributed by atoms with E-state index in [0.29, 0.717) is 28.2 Å². The van der Waals surface area contributed by atoms with Crippen molar-refractivity contribution >= 4 is 40.8 Å². The van der Waals surface area contributed by atoms with E-state index in [2.05, 4.69) is 30.5 Å². The molecule has 166 valence electrons. The molecule has 1 amide bonds. The highest BCUT2D eigenvalue weighted by atomic mass is 35.5. The number of hydrogen-bond acceptors (Lipinski definition) is 8. The van der Waals surface area contributed by atoms with Gasteiger partial charge < -0.3 is 25.4 Å². The fourth-order valence-corrected chi connectivity index (χ4v) is 3.49. The quantitative estimate of drug-likeness (QED) is 0.474. The summed E-state index contributed by atoms with van der Waals surface area (Å²) in [6.07, 6.45) is 3.38. The molecule has 2 heterocycles. The minimum atomic E-state index is -0.356. The average Bonchev–Trinajstić information content (AvgIpc) is 2.81. The molecule has 1 saturated heterocycles. The summed E-state index contributed by atoms with van der Waals surface area (Å²) in [6, 6.07) is 11.5. The third-order valence-electron chi connectivity index (χ3n) is 5.03. The molecule has 0 atom stereocenters. The molecule has 3 aromatic rings. The lowest BCUT2D eigenvalue weighted by atomic mass is 10.1. The summed E-state index contributed by atoms with van der Waals surface area (Å²) in [6.45, 7) is 1.77. The number of piperidine rings is 1. The molecule has 2 aromatic carbocycles. The van der Waals surface area contributed by atoms with Crippen LogP contribution < -0.4 is 20.3 Å². The molecule has 0 unspecified atom stereocenters. The topological polar surface area (TPSA) is 112 Å². The number of amides is 1. The molecule has 1 aromatic heterocycles. The number of rotatable bonds is 6.